The fourth-order valence-corrected chi connectivity index (χ4v) is 2.07. The summed E-state index contributed by atoms with van der Waals surface area (Å²) in [5.74, 6) is 0. The molecule has 0 bridgehead atoms. The molecular weight excluding hydrogens is 272 g/mol. The van der Waals surface area contributed by atoms with E-state index in [-0.39, 0.29) is 0 Å². The number of aliphatic hydroxyl groups is 1. The summed E-state index contributed by atoms with van der Waals surface area (Å²) in [5.41, 5.74) is 2.27. The SMILES string of the molecule is Cc1cc(C(O)c2c(Br)nnn2C)ccn1. The van der Waals surface area contributed by atoms with Crippen LogP contribution in [0.25, 0.3) is 0 Å². The Morgan fingerprint density at radius 1 is 1.50 bits per heavy atom. The highest BCUT2D eigenvalue weighted by molar-refractivity contribution is 9.10. The van der Waals surface area contributed by atoms with Gasteiger partial charge in [0.25, 0.3) is 0 Å². The second kappa shape index (κ2) is 4.31. The lowest BCUT2D eigenvalue weighted by atomic mass is 10.1. The summed E-state index contributed by atoms with van der Waals surface area (Å²) in [6, 6.07) is 3.61. The van der Waals surface area contributed by atoms with E-state index in [1.807, 2.05) is 13.0 Å². The van der Waals surface area contributed by atoms with Gasteiger partial charge in [0.2, 0.25) is 0 Å². The lowest BCUT2D eigenvalue weighted by molar-refractivity contribution is 0.208. The van der Waals surface area contributed by atoms with Crippen LogP contribution in [0.3, 0.4) is 0 Å². The predicted octanol–water partition coefficient (Wildman–Crippen LogP) is 1.36. The van der Waals surface area contributed by atoms with Crippen molar-refractivity contribution in [2.75, 3.05) is 0 Å². The Balaban J connectivity index is 2.43. The van der Waals surface area contributed by atoms with E-state index in [1.165, 1.54) is 0 Å². The number of halogens is 1. The summed E-state index contributed by atoms with van der Waals surface area (Å²) in [6.07, 6.45) is 0.919. The Hall–Kier alpha value is -1.27. The quantitative estimate of drug-likeness (QED) is 0.904. The van der Waals surface area contributed by atoms with Gasteiger partial charge in [-0.15, -0.1) is 5.10 Å². The summed E-state index contributed by atoms with van der Waals surface area (Å²) >= 11 is 3.26. The molecule has 0 radical (unpaired) electrons. The van der Waals surface area contributed by atoms with Crippen molar-refractivity contribution in [2.45, 2.75) is 13.0 Å². The van der Waals surface area contributed by atoms with Gasteiger partial charge in [-0.25, -0.2) is 4.68 Å². The van der Waals surface area contributed by atoms with Crippen LogP contribution >= 0.6 is 15.9 Å². The summed E-state index contributed by atoms with van der Waals surface area (Å²) in [6.45, 7) is 1.88. The fourth-order valence-electron chi connectivity index (χ4n) is 1.52. The fraction of sp³-hybridized carbons (Fsp3) is 0.300. The van der Waals surface area contributed by atoms with Crippen molar-refractivity contribution >= 4 is 15.9 Å². The number of aryl methyl sites for hydroxylation is 2. The van der Waals surface area contributed by atoms with Crippen LogP contribution in [0.1, 0.15) is 23.1 Å². The van der Waals surface area contributed by atoms with Crippen LogP contribution in [0.2, 0.25) is 0 Å². The Morgan fingerprint density at radius 3 is 2.81 bits per heavy atom. The number of rotatable bonds is 2. The Kier molecular flexibility index (Phi) is 3.02. The zero-order valence-electron chi connectivity index (χ0n) is 8.92. The maximum absolute atomic E-state index is 10.2. The largest absolute Gasteiger partial charge is 0.382 e. The minimum absolute atomic E-state index is 0.553. The normalized spacial score (nSPS) is 12.8. The molecule has 1 unspecified atom stereocenters. The number of hydrogen-bond donors (Lipinski definition) is 1. The first-order chi connectivity index (χ1) is 7.59. The number of nitrogens with zero attached hydrogens (tertiary/aromatic N) is 4. The Morgan fingerprint density at radius 2 is 2.25 bits per heavy atom. The number of pyridine rings is 1. The van der Waals surface area contributed by atoms with E-state index < -0.39 is 6.10 Å². The highest BCUT2D eigenvalue weighted by Crippen LogP contribution is 2.26. The number of aliphatic hydroxyl groups excluding tert-OH is 1. The third-order valence-corrected chi connectivity index (χ3v) is 2.89. The highest BCUT2D eigenvalue weighted by Gasteiger charge is 2.19. The van der Waals surface area contributed by atoms with Crippen LogP contribution in [0.4, 0.5) is 0 Å². The average molecular weight is 283 g/mol. The zero-order valence-corrected chi connectivity index (χ0v) is 10.5. The Labute approximate surface area is 101 Å². The highest BCUT2D eigenvalue weighted by atomic mass is 79.9. The standard InChI is InChI=1S/C10H11BrN4O/c1-6-5-7(3-4-12-6)9(16)8-10(11)13-14-15(8)2/h3-5,9,16H,1-2H3. The van der Waals surface area contributed by atoms with Crippen molar-refractivity contribution in [1.29, 1.82) is 0 Å². The topological polar surface area (TPSA) is 63.8 Å². The van der Waals surface area contributed by atoms with E-state index in [2.05, 4.69) is 31.2 Å². The van der Waals surface area contributed by atoms with Crippen LogP contribution in [-0.4, -0.2) is 25.1 Å². The lowest BCUT2D eigenvalue weighted by Gasteiger charge is -2.11. The predicted molar refractivity (Wildman–Crippen MR) is 61.7 cm³/mol. The van der Waals surface area contributed by atoms with Crippen molar-refractivity contribution < 1.29 is 5.11 Å². The van der Waals surface area contributed by atoms with Gasteiger partial charge in [0.15, 0.2) is 4.60 Å². The molecule has 16 heavy (non-hydrogen) atoms. The summed E-state index contributed by atoms with van der Waals surface area (Å²) in [7, 11) is 1.74. The summed E-state index contributed by atoms with van der Waals surface area (Å²) in [4.78, 5) is 4.09. The molecule has 2 aromatic heterocycles. The van der Waals surface area contributed by atoms with Gasteiger partial charge in [0.05, 0.1) is 0 Å². The first kappa shape index (κ1) is 11.2. The van der Waals surface area contributed by atoms with E-state index in [0.29, 0.717) is 10.3 Å². The van der Waals surface area contributed by atoms with Crippen LogP contribution in [0, 0.1) is 6.92 Å². The van der Waals surface area contributed by atoms with Gasteiger partial charge >= 0.3 is 0 Å². The molecule has 2 heterocycles. The van der Waals surface area contributed by atoms with Crippen LogP contribution < -0.4 is 0 Å². The second-order valence-electron chi connectivity index (χ2n) is 3.52. The Bertz CT molecular complexity index is 492. The van der Waals surface area contributed by atoms with Crippen molar-refractivity contribution in [2.24, 2.45) is 7.05 Å². The number of hydrogen-bond acceptors (Lipinski definition) is 4. The molecule has 0 saturated carbocycles. The van der Waals surface area contributed by atoms with Crippen LogP contribution in [-0.2, 0) is 7.05 Å². The molecule has 0 aromatic carbocycles. The van der Waals surface area contributed by atoms with E-state index in [4.69, 9.17) is 0 Å². The molecule has 0 aliphatic heterocycles. The second-order valence-corrected chi connectivity index (χ2v) is 4.27. The first-order valence-electron chi connectivity index (χ1n) is 4.75. The van der Waals surface area contributed by atoms with Gasteiger partial charge in [-0.1, -0.05) is 5.21 Å². The molecule has 2 rings (SSSR count). The molecule has 0 saturated heterocycles. The minimum atomic E-state index is -0.754. The third-order valence-electron chi connectivity index (χ3n) is 2.32. The van der Waals surface area contributed by atoms with Gasteiger partial charge in [-0.3, -0.25) is 4.98 Å². The van der Waals surface area contributed by atoms with Crippen molar-refractivity contribution in [3.05, 3.63) is 39.9 Å². The molecule has 0 amide bonds. The molecule has 0 aliphatic rings. The smallest absolute Gasteiger partial charge is 0.154 e. The van der Waals surface area contributed by atoms with Crippen LogP contribution in [0.15, 0.2) is 22.9 Å². The molecule has 0 spiro atoms. The zero-order chi connectivity index (χ0) is 11.7. The maximum atomic E-state index is 10.2. The molecular formula is C10H11BrN4O. The average Bonchev–Trinajstić information content (AvgIpc) is 2.58. The summed E-state index contributed by atoms with van der Waals surface area (Å²) < 4.78 is 2.10. The monoisotopic (exact) mass is 282 g/mol. The van der Waals surface area contributed by atoms with Gasteiger partial charge in [0.1, 0.15) is 11.8 Å². The molecule has 0 aliphatic carbocycles. The molecule has 2 aromatic rings. The van der Waals surface area contributed by atoms with Gasteiger partial charge in [-0.05, 0) is 40.5 Å². The minimum Gasteiger partial charge on any atom is -0.382 e. The molecule has 6 heteroatoms. The van der Waals surface area contributed by atoms with E-state index in [9.17, 15) is 5.11 Å². The van der Waals surface area contributed by atoms with Crippen molar-refractivity contribution in [3.8, 4) is 0 Å². The lowest BCUT2D eigenvalue weighted by Crippen LogP contribution is -2.07. The van der Waals surface area contributed by atoms with Gasteiger partial charge in [-0.2, -0.15) is 0 Å². The molecule has 1 atom stereocenters. The third kappa shape index (κ3) is 1.98. The molecule has 1 N–H and O–H groups in total. The molecule has 5 nitrogen and oxygen atoms in total. The van der Waals surface area contributed by atoms with Crippen molar-refractivity contribution in [1.82, 2.24) is 20.0 Å². The van der Waals surface area contributed by atoms with E-state index in [0.717, 1.165) is 11.3 Å². The van der Waals surface area contributed by atoms with Gasteiger partial charge < -0.3 is 5.11 Å². The first-order valence-corrected chi connectivity index (χ1v) is 5.54. The van der Waals surface area contributed by atoms with E-state index >= 15 is 0 Å². The maximum Gasteiger partial charge on any atom is 0.154 e. The van der Waals surface area contributed by atoms with Crippen molar-refractivity contribution in [3.63, 3.8) is 0 Å². The van der Waals surface area contributed by atoms with Crippen LogP contribution in [0.5, 0.6) is 0 Å². The summed E-state index contributed by atoms with van der Waals surface area (Å²) in [5, 5.41) is 17.9. The molecule has 0 fully saturated rings. The van der Waals surface area contributed by atoms with E-state index in [1.54, 1.807) is 24.0 Å². The number of aromatic nitrogens is 4. The molecule has 84 valence electrons. The van der Waals surface area contributed by atoms with Gasteiger partial charge in [0, 0.05) is 18.9 Å².